The van der Waals surface area contributed by atoms with Crippen LogP contribution < -0.4 is 5.32 Å². The number of aromatic nitrogens is 2. The zero-order chi connectivity index (χ0) is 13.4. The van der Waals surface area contributed by atoms with Crippen LogP contribution in [-0.2, 0) is 0 Å². The Labute approximate surface area is 115 Å². The maximum absolute atomic E-state index is 5.51. The van der Waals surface area contributed by atoms with Crippen LogP contribution in [0.1, 0.15) is 30.2 Å². The summed E-state index contributed by atoms with van der Waals surface area (Å²) in [6, 6.07) is 6.28. The van der Waals surface area contributed by atoms with Crippen LogP contribution in [-0.4, -0.2) is 9.97 Å². The van der Waals surface area contributed by atoms with Crippen molar-refractivity contribution in [2.75, 3.05) is 5.32 Å². The fourth-order valence-corrected chi connectivity index (χ4v) is 2.96. The molecule has 0 fully saturated rings. The molecule has 0 saturated heterocycles. The molecule has 19 heavy (non-hydrogen) atoms. The summed E-state index contributed by atoms with van der Waals surface area (Å²) in [6.45, 7) is 6.00. The van der Waals surface area contributed by atoms with Crippen LogP contribution in [0.15, 0.2) is 28.8 Å². The molecule has 0 bridgehead atoms. The Balaban J connectivity index is 1.85. The predicted octanol–water partition coefficient (Wildman–Crippen LogP) is 4.07. The van der Waals surface area contributed by atoms with Crippen molar-refractivity contribution in [3.63, 3.8) is 0 Å². The molecule has 4 nitrogen and oxygen atoms in total. The van der Waals surface area contributed by atoms with Gasteiger partial charge in [-0.2, -0.15) is 0 Å². The van der Waals surface area contributed by atoms with E-state index in [0.717, 1.165) is 16.4 Å². The van der Waals surface area contributed by atoms with Crippen LogP contribution in [0.5, 0.6) is 0 Å². The van der Waals surface area contributed by atoms with Gasteiger partial charge in [-0.15, -0.1) is 0 Å². The summed E-state index contributed by atoms with van der Waals surface area (Å²) >= 11 is 1.65. The van der Waals surface area contributed by atoms with Crippen LogP contribution in [0.2, 0.25) is 0 Å². The molecule has 1 N–H and O–H groups in total. The minimum absolute atomic E-state index is 0.00959. The lowest BCUT2D eigenvalue weighted by molar-refractivity contribution is 0.453. The SMILES string of the molecule is Cc1ccc2nc(NC(C)c3ncc(C)o3)sc2c1. The highest BCUT2D eigenvalue weighted by molar-refractivity contribution is 7.22. The molecule has 3 aromatic rings. The number of hydrogen-bond acceptors (Lipinski definition) is 5. The fraction of sp³-hybridized carbons (Fsp3) is 0.286. The molecule has 0 spiro atoms. The average molecular weight is 273 g/mol. The topological polar surface area (TPSA) is 51.0 Å². The summed E-state index contributed by atoms with van der Waals surface area (Å²) in [6.07, 6.45) is 1.73. The minimum Gasteiger partial charge on any atom is -0.444 e. The van der Waals surface area contributed by atoms with Crippen LogP contribution >= 0.6 is 11.3 Å². The second-order valence-electron chi connectivity index (χ2n) is 4.67. The first-order valence-electron chi connectivity index (χ1n) is 6.18. The quantitative estimate of drug-likeness (QED) is 0.781. The van der Waals surface area contributed by atoms with Crippen molar-refractivity contribution in [1.29, 1.82) is 0 Å². The van der Waals surface area contributed by atoms with Crippen molar-refractivity contribution in [1.82, 2.24) is 9.97 Å². The highest BCUT2D eigenvalue weighted by Gasteiger charge is 2.13. The normalized spacial score (nSPS) is 12.8. The zero-order valence-electron chi connectivity index (χ0n) is 11.1. The molecule has 0 aliphatic carbocycles. The monoisotopic (exact) mass is 273 g/mol. The molecule has 2 heterocycles. The van der Waals surface area contributed by atoms with Crippen molar-refractivity contribution < 1.29 is 4.42 Å². The standard InChI is InChI=1S/C14H15N3OS/c1-8-4-5-11-12(6-8)19-14(17-11)16-10(3)13-15-7-9(2)18-13/h4-7,10H,1-3H3,(H,16,17). The summed E-state index contributed by atoms with van der Waals surface area (Å²) in [5.41, 5.74) is 2.27. The third-order valence-corrected chi connectivity index (χ3v) is 3.84. The first-order chi connectivity index (χ1) is 9.11. The van der Waals surface area contributed by atoms with E-state index < -0.39 is 0 Å². The maximum atomic E-state index is 5.51. The molecule has 0 saturated carbocycles. The minimum atomic E-state index is 0.00959. The van der Waals surface area contributed by atoms with Gasteiger partial charge in [-0.05, 0) is 38.5 Å². The molecule has 0 radical (unpaired) electrons. The van der Waals surface area contributed by atoms with Crippen molar-refractivity contribution in [2.24, 2.45) is 0 Å². The van der Waals surface area contributed by atoms with Crippen LogP contribution in [0.4, 0.5) is 5.13 Å². The van der Waals surface area contributed by atoms with Gasteiger partial charge in [-0.25, -0.2) is 9.97 Å². The van der Waals surface area contributed by atoms with Gasteiger partial charge in [-0.3, -0.25) is 0 Å². The van der Waals surface area contributed by atoms with Crippen molar-refractivity contribution in [2.45, 2.75) is 26.8 Å². The number of benzene rings is 1. The zero-order valence-corrected chi connectivity index (χ0v) is 11.9. The number of nitrogens with zero attached hydrogens (tertiary/aromatic N) is 2. The maximum Gasteiger partial charge on any atom is 0.216 e. The Bertz CT molecular complexity index is 716. The number of nitrogens with one attached hydrogen (secondary N) is 1. The average Bonchev–Trinajstić information content (AvgIpc) is 2.94. The van der Waals surface area contributed by atoms with E-state index in [4.69, 9.17) is 4.42 Å². The number of hydrogen-bond donors (Lipinski definition) is 1. The Morgan fingerprint density at radius 2 is 2.16 bits per heavy atom. The van der Waals surface area contributed by atoms with Crippen molar-refractivity contribution >= 4 is 26.7 Å². The lowest BCUT2D eigenvalue weighted by atomic mass is 10.2. The number of oxazole rings is 1. The molecule has 0 amide bonds. The molecule has 1 unspecified atom stereocenters. The van der Waals surface area contributed by atoms with Crippen molar-refractivity contribution in [3.05, 3.63) is 41.6 Å². The lowest BCUT2D eigenvalue weighted by Crippen LogP contribution is -2.06. The molecule has 1 atom stereocenters. The van der Waals surface area contributed by atoms with E-state index in [2.05, 4.69) is 34.3 Å². The third-order valence-electron chi connectivity index (χ3n) is 2.89. The Hall–Kier alpha value is -1.88. The van der Waals surface area contributed by atoms with Gasteiger partial charge in [0.1, 0.15) is 11.8 Å². The predicted molar refractivity (Wildman–Crippen MR) is 77.6 cm³/mol. The van der Waals surface area contributed by atoms with Gasteiger partial charge >= 0.3 is 0 Å². The molecule has 2 aromatic heterocycles. The van der Waals surface area contributed by atoms with E-state index >= 15 is 0 Å². The van der Waals surface area contributed by atoms with Gasteiger partial charge in [0.05, 0.1) is 16.4 Å². The fourth-order valence-electron chi connectivity index (χ4n) is 1.91. The van der Waals surface area contributed by atoms with Crippen molar-refractivity contribution in [3.8, 4) is 0 Å². The number of anilines is 1. The highest BCUT2D eigenvalue weighted by atomic mass is 32.1. The smallest absolute Gasteiger partial charge is 0.216 e. The van der Waals surface area contributed by atoms with Gasteiger partial charge < -0.3 is 9.73 Å². The first-order valence-corrected chi connectivity index (χ1v) is 6.99. The Kier molecular flexibility index (Phi) is 2.98. The second-order valence-corrected chi connectivity index (χ2v) is 5.70. The van der Waals surface area contributed by atoms with Gasteiger partial charge in [0, 0.05) is 0 Å². The van der Waals surface area contributed by atoms with Crippen LogP contribution in [0, 0.1) is 13.8 Å². The summed E-state index contributed by atoms with van der Waals surface area (Å²) in [5, 5.41) is 4.22. The van der Waals surface area contributed by atoms with E-state index in [0.29, 0.717) is 5.89 Å². The van der Waals surface area contributed by atoms with Gasteiger partial charge in [0.2, 0.25) is 5.89 Å². The first kappa shape index (κ1) is 12.2. The summed E-state index contributed by atoms with van der Waals surface area (Å²) < 4.78 is 6.71. The molecule has 1 aromatic carbocycles. The van der Waals surface area contributed by atoms with E-state index in [1.54, 1.807) is 17.5 Å². The van der Waals surface area contributed by atoms with Gasteiger partial charge in [-0.1, -0.05) is 17.4 Å². The summed E-state index contributed by atoms with van der Waals surface area (Å²) in [4.78, 5) is 8.79. The Morgan fingerprint density at radius 3 is 2.89 bits per heavy atom. The summed E-state index contributed by atoms with van der Waals surface area (Å²) in [7, 11) is 0. The number of fused-ring (bicyclic) bond motifs is 1. The second kappa shape index (κ2) is 4.66. The Morgan fingerprint density at radius 1 is 1.32 bits per heavy atom. The lowest BCUT2D eigenvalue weighted by Gasteiger charge is -2.07. The number of aryl methyl sites for hydroxylation is 2. The summed E-state index contributed by atoms with van der Waals surface area (Å²) in [5.74, 6) is 1.51. The molecule has 0 aliphatic heterocycles. The number of thiazole rings is 1. The van der Waals surface area contributed by atoms with E-state index in [9.17, 15) is 0 Å². The molecular weight excluding hydrogens is 258 g/mol. The molecule has 5 heteroatoms. The van der Waals surface area contributed by atoms with E-state index in [1.165, 1.54) is 10.3 Å². The van der Waals surface area contributed by atoms with Crippen LogP contribution in [0.3, 0.4) is 0 Å². The largest absolute Gasteiger partial charge is 0.444 e. The van der Waals surface area contributed by atoms with Gasteiger partial charge in [0.25, 0.3) is 0 Å². The van der Waals surface area contributed by atoms with E-state index in [1.807, 2.05) is 19.9 Å². The molecule has 3 rings (SSSR count). The third kappa shape index (κ3) is 2.46. The number of rotatable bonds is 3. The molecular formula is C14H15N3OS. The molecule has 0 aliphatic rings. The van der Waals surface area contributed by atoms with Crippen LogP contribution in [0.25, 0.3) is 10.2 Å². The highest BCUT2D eigenvalue weighted by Crippen LogP contribution is 2.29. The van der Waals surface area contributed by atoms with Gasteiger partial charge in [0.15, 0.2) is 5.13 Å². The van der Waals surface area contributed by atoms with E-state index in [-0.39, 0.29) is 6.04 Å². The molecule has 98 valence electrons.